The first-order valence-electron chi connectivity index (χ1n) is 3.84. The van der Waals surface area contributed by atoms with E-state index in [0.29, 0.717) is 11.6 Å². The van der Waals surface area contributed by atoms with E-state index in [0.717, 1.165) is 12.1 Å². The summed E-state index contributed by atoms with van der Waals surface area (Å²) in [7, 11) is -1.89. The van der Waals surface area contributed by atoms with E-state index in [2.05, 4.69) is 0 Å². The lowest BCUT2D eigenvalue weighted by Crippen LogP contribution is -2.07. The normalized spacial score (nSPS) is 12.1. The average Bonchev–Trinajstić information content (AvgIpc) is 2.01. The third kappa shape index (κ3) is 3.51. The van der Waals surface area contributed by atoms with Gasteiger partial charge in [0, 0.05) is 0 Å². The van der Waals surface area contributed by atoms with Crippen LogP contribution in [-0.2, 0) is 12.2 Å². The van der Waals surface area contributed by atoms with Gasteiger partial charge in [-0.1, -0.05) is 18.2 Å². The lowest BCUT2D eigenvalue weighted by Gasteiger charge is -2.08. The molecule has 0 N–H and O–H groups in total. The molecule has 1 aromatic rings. The fraction of sp³-hybridized carbons (Fsp3) is 0.250. The minimum atomic E-state index is -4.30. The van der Waals surface area contributed by atoms with Crippen LogP contribution >= 0.6 is 22.2 Å². The summed E-state index contributed by atoms with van der Waals surface area (Å²) in [6.45, 7) is 0. The summed E-state index contributed by atoms with van der Waals surface area (Å²) >= 11 is 11.2. The van der Waals surface area contributed by atoms with Crippen LogP contribution in [0.5, 0.6) is 0 Å². The predicted molar refractivity (Wildman–Crippen MR) is 54.0 cm³/mol. The van der Waals surface area contributed by atoms with Gasteiger partial charge in [0.05, 0.1) is 5.56 Å². The SMILES string of the molecule is FC(F)(F)c1cccc(C[SiH](Cl)Cl)c1. The fourth-order valence-electron chi connectivity index (χ4n) is 1.05. The largest absolute Gasteiger partial charge is 0.416 e. The van der Waals surface area contributed by atoms with Gasteiger partial charge in [0.15, 0.2) is 0 Å². The van der Waals surface area contributed by atoms with Crippen molar-refractivity contribution in [1.29, 1.82) is 0 Å². The van der Waals surface area contributed by atoms with Crippen LogP contribution in [0, 0.1) is 0 Å². The molecule has 0 aliphatic rings. The van der Waals surface area contributed by atoms with Crippen molar-refractivity contribution in [3.63, 3.8) is 0 Å². The third-order valence-corrected chi connectivity index (χ3v) is 3.35. The van der Waals surface area contributed by atoms with E-state index in [1.807, 2.05) is 0 Å². The Hall–Kier alpha value is -0.193. The number of hydrogen-bond donors (Lipinski definition) is 0. The molecule has 0 fully saturated rings. The topological polar surface area (TPSA) is 0 Å². The van der Waals surface area contributed by atoms with Crippen molar-refractivity contribution >= 4 is 29.6 Å². The zero-order valence-corrected chi connectivity index (χ0v) is 9.65. The number of benzene rings is 1. The van der Waals surface area contributed by atoms with E-state index in [1.54, 1.807) is 6.07 Å². The molecule has 0 aliphatic carbocycles. The van der Waals surface area contributed by atoms with Crippen LogP contribution in [0.25, 0.3) is 0 Å². The molecule has 0 atom stereocenters. The molecular weight excluding hydrogens is 252 g/mol. The van der Waals surface area contributed by atoms with E-state index in [-0.39, 0.29) is 0 Å². The third-order valence-electron chi connectivity index (χ3n) is 1.64. The van der Waals surface area contributed by atoms with Gasteiger partial charge in [-0.25, -0.2) is 0 Å². The predicted octanol–water partition coefficient (Wildman–Crippen LogP) is 3.49. The molecule has 0 radical (unpaired) electrons. The van der Waals surface area contributed by atoms with Crippen LogP contribution in [-0.4, -0.2) is 7.42 Å². The van der Waals surface area contributed by atoms with Crippen molar-refractivity contribution in [3.05, 3.63) is 35.4 Å². The van der Waals surface area contributed by atoms with Gasteiger partial charge >= 0.3 is 6.18 Å². The van der Waals surface area contributed by atoms with E-state index < -0.39 is 19.2 Å². The lowest BCUT2D eigenvalue weighted by molar-refractivity contribution is -0.137. The van der Waals surface area contributed by atoms with Gasteiger partial charge in [-0.15, -0.1) is 22.2 Å². The van der Waals surface area contributed by atoms with Gasteiger partial charge in [0.2, 0.25) is 7.42 Å². The highest BCUT2D eigenvalue weighted by Gasteiger charge is 2.30. The number of rotatable bonds is 2. The summed E-state index contributed by atoms with van der Waals surface area (Å²) in [5.74, 6) is 0. The molecule has 0 nitrogen and oxygen atoms in total. The Morgan fingerprint density at radius 3 is 2.36 bits per heavy atom. The molecule has 0 amide bonds. The van der Waals surface area contributed by atoms with Crippen LogP contribution in [0.3, 0.4) is 0 Å². The second kappa shape index (κ2) is 4.55. The van der Waals surface area contributed by atoms with Crippen molar-refractivity contribution in [1.82, 2.24) is 0 Å². The minimum Gasteiger partial charge on any atom is -0.166 e. The molecule has 0 heterocycles. The molecule has 1 aromatic carbocycles. The minimum absolute atomic E-state index is 0.354. The standard InChI is InChI=1S/C8H7Cl2F3Si/c9-14(10)5-6-2-1-3-7(4-6)8(11,12)13/h1-4,14H,5H2. The first-order valence-corrected chi connectivity index (χ1v) is 8.14. The zero-order valence-electron chi connectivity index (χ0n) is 6.98. The van der Waals surface area contributed by atoms with Gasteiger partial charge in [0.25, 0.3) is 0 Å². The first kappa shape index (κ1) is 11.9. The van der Waals surface area contributed by atoms with E-state index in [4.69, 9.17) is 22.2 Å². The summed E-state index contributed by atoms with van der Waals surface area (Å²) in [6.07, 6.45) is -4.30. The van der Waals surface area contributed by atoms with Crippen LogP contribution in [0.2, 0.25) is 0 Å². The van der Waals surface area contributed by atoms with Crippen molar-refractivity contribution in [2.45, 2.75) is 12.2 Å². The second-order valence-electron chi connectivity index (χ2n) is 2.79. The first-order chi connectivity index (χ1) is 6.39. The van der Waals surface area contributed by atoms with Gasteiger partial charge < -0.3 is 0 Å². The van der Waals surface area contributed by atoms with Gasteiger partial charge in [0.1, 0.15) is 0 Å². The summed E-state index contributed by atoms with van der Waals surface area (Å²) in [6, 6.07) is 5.43. The Balaban J connectivity index is 2.90. The van der Waals surface area contributed by atoms with Gasteiger partial charge in [-0.3, -0.25) is 0 Å². The maximum atomic E-state index is 12.3. The molecule has 1 rings (SSSR count). The highest BCUT2D eigenvalue weighted by Crippen LogP contribution is 2.29. The Kier molecular flexibility index (Phi) is 3.86. The molecule has 6 heteroatoms. The Labute approximate surface area is 90.7 Å². The molecule has 0 aromatic heterocycles. The monoisotopic (exact) mass is 258 g/mol. The van der Waals surface area contributed by atoms with Crippen LogP contribution in [0.1, 0.15) is 11.1 Å². The maximum absolute atomic E-state index is 12.3. The number of halogens is 5. The molecule has 0 saturated carbocycles. The number of hydrogen-bond acceptors (Lipinski definition) is 0. The summed E-state index contributed by atoms with van der Waals surface area (Å²) in [5, 5.41) is 0. The van der Waals surface area contributed by atoms with Crippen molar-refractivity contribution in [3.8, 4) is 0 Å². The molecule has 0 spiro atoms. The quantitative estimate of drug-likeness (QED) is 0.563. The highest BCUT2D eigenvalue weighted by molar-refractivity contribution is 7.33. The highest BCUT2D eigenvalue weighted by atomic mass is 35.7. The lowest BCUT2D eigenvalue weighted by atomic mass is 10.1. The summed E-state index contributed by atoms with van der Waals surface area (Å²) in [4.78, 5) is 0. The summed E-state index contributed by atoms with van der Waals surface area (Å²) < 4.78 is 36.8. The Bertz CT molecular complexity index is 312. The average molecular weight is 259 g/mol. The van der Waals surface area contributed by atoms with Gasteiger partial charge in [-0.2, -0.15) is 13.2 Å². The number of alkyl halides is 3. The molecule has 78 valence electrons. The van der Waals surface area contributed by atoms with E-state index >= 15 is 0 Å². The second-order valence-corrected chi connectivity index (χ2v) is 7.81. The van der Waals surface area contributed by atoms with E-state index in [9.17, 15) is 13.2 Å². The smallest absolute Gasteiger partial charge is 0.166 e. The fourth-order valence-corrected chi connectivity index (χ4v) is 2.73. The van der Waals surface area contributed by atoms with Crippen molar-refractivity contribution in [2.75, 3.05) is 0 Å². The molecular formula is C8H7Cl2F3Si. The zero-order chi connectivity index (χ0) is 10.8. The molecule has 0 bridgehead atoms. The maximum Gasteiger partial charge on any atom is 0.416 e. The van der Waals surface area contributed by atoms with Crippen LogP contribution in [0.4, 0.5) is 13.2 Å². The van der Waals surface area contributed by atoms with E-state index in [1.165, 1.54) is 6.07 Å². The Morgan fingerprint density at radius 2 is 1.86 bits per heavy atom. The summed E-state index contributed by atoms with van der Waals surface area (Å²) in [5.41, 5.74) is -0.112. The van der Waals surface area contributed by atoms with Crippen LogP contribution in [0.15, 0.2) is 24.3 Å². The van der Waals surface area contributed by atoms with Crippen LogP contribution < -0.4 is 0 Å². The van der Waals surface area contributed by atoms with Gasteiger partial charge in [-0.05, 0) is 17.7 Å². The van der Waals surface area contributed by atoms with Crippen molar-refractivity contribution < 1.29 is 13.2 Å². The molecule has 0 unspecified atom stereocenters. The van der Waals surface area contributed by atoms with Crippen molar-refractivity contribution in [2.24, 2.45) is 0 Å². The molecule has 0 saturated heterocycles. The Morgan fingerprint density at radius 1 is 1.21 bits per heavy atom. The molecule has 14 heavy (non-hydrogen) atoms. The molecule has 0 aliphatic heterocycles.